The van der Waals surface area contributed by atoms with Crippen LogP contribution in [0.4, 0.5) is 5.82 Å². The first-order chi connectivity index (χ1) is 11.6. The predicted octanol–water partition coefficient (Wildman–Crippen LogP) is 3.68. The molecule has 0 aromatic carbocycles. The smallest absolute Gasteiger partial charge is 0.358 e. The third-order valence-corrected chi connectivity index (χ3v) is 9.23. The SMILES string of the molecule is CC(C)(C)[Si](C)(C)Oc1c(C(=O)O)nc(NC2CC2)c2cncnc12. The van der Waals surface area contributed by atoms with Crippen molar-refractivity contribution >= 4 is 31.0 Å². The van der Waals surface area contributed by atoms with E-state index in [4.69, 9.17) is 4.43 Å². The Kier molecular flexibility index (Phi) is 4.18. The highest BCUT2D eigenvalue weighted by molar-refractivity contribution is 6.74. The lowest BCUT2D eigenvalue weighted by atomic mass is 10.2. The number of rotatable bonds is 5. The van der Waals surface area contributed by atoms with E-state index >= 15 is 0 Å². The Morgan fingerprint density at radius 1 is 1.36 bits per heavy atom. The van der Waals surface area contributed by atoms with Gasteiger partial charge in [-0.2, -0.15) is 0 Å². The van der Waals surface area contributed by atoms with Gasteiger partial charge in [0.15, 0.2) is 11.4 Å². The number of carboxylic acids is 1. The van der Waals surface area contributed by atoms with E-state index in [1.165, 1.54) is 6.33 Å². The van der Waals surface area contributed by atoms with Crippen molar-refractivity contribution in [3.05, 3.63) is 18.2 Å². The lowest BCUT2D eigenvalue weighted by molar-refractivity contribution is 0.0688. The minimum absolute atomic E-state index is 0.0763. The summed E-state index contributed by atoms with van der Waals surface area (Å²) in [6.45, 7) is 10.5. The first-order valence-corrected chi connectivity index (χ1v) is 11.3. The van der Waals surface area contributed by atoms with Gasteiger partial charge in [-0.15, -0.1) is 0 Å². The van der Waals surface area contributed by atoms with E-state index in [0.29, 0.717) is 22.8 Å². The maximum Gasteiger partial charge on any atom is 0.358 e. The molecule has 2 N–H and O–H groups in total. The molecule has 134 valence electrons. The minimum Gasteiger partial charge on any atom is -0.540 e. The molecule has 0 bridgehead atoms. The number of hydrogen-bond acceptors (Lipinski definition) is 6. The summed E-state index contributed by atoms with van der Waals surface area (Å²) in [5, 5.41) is 13.6. The molecule has 8 heteroatoms. The third-order valence-electron chi connectivity index (χ3n) is 4.91. The van der Waals surface area contributed by atoms with E-state index in [9.17, 15) is 9.90 Å². The number of nitrogens with one attached hydrogen (secondary N) is 1. The zero-order valence-electron chi connectivity index (χ0n) is 15.3. The highest BCUT2D eigenvalue weighted by Gasteiger charge is 2.41. The van der Waals surface area contributed by atoms with Gasteiger partial charge in [-0.1, -0.05) is 20.8 Å². The van der Waals surface area contributed by atoms with Crippen molar-refractivity contribution in [3.63, 3.8) is 0 Å². The normalized spacial score (nSPS) is 15.2. The second-order valence-corrected chi connectivity index (χ2v) is 12.7. The molecule has 3 rings (SSSR count). The van der Waals surface area contributed by atoms with Gasteiger partial charge < -0.3 is 14.8 Å². The fourth-order valence-electron chi connectivity index (χ4n) is 2.20. The fourth-order valence-corrected chi connectivity index (χ4v) is 3.21. The Morgan fingerprint density at radius 3 is 2.60 bits per heavy atom. The number of carbonyl (C=O) groups is 1. The summed E-state index contributed by atoms with van der Waals surface area (Å²) >= 11 is 0. The van der Waals surface area contributed by atoms with Gasteiger partial charge >= 0.3 is 5.97 Å². The van der Waals surface area contributed by atoms with Crippen molar-refractivity contribution in [2.24, 2.45) is 0 Å². The van der Waals surface area contributed by atoms with E-state index in [1.807, 2.05) is 0 Å². The number of nitrogens with zero attached hydrogens (tertiary/aromatic N) is 3. The maximum atomic E-state index is 11.9. The predicted molar refractivity (Wildman–Crippen MR) is 98.8 cm³/mol. The molecule has 0 radical (unpaired) electrons. The number of aromatic nitrogens is 3. The van der Waals surface area contributed by atoms with Crippen LogP contribution < -0.4 is 9.74 Å². The van der Waals surface area contributed by atoms with Crippen LogP contribution in [0, 0.1) is 0 Å². The van der Waals surface area contributed by atoms with Gasteiger partial charge in [0.05, 0.1) is 5.39 Å². The van der Waals surface area contributed by atoms with Gasteiger partial charge in [0.25, 0.3) is 8.32 Å². The molecule has 2 aromatic heterocycles. The largest absolute Gasteiger partial charge is 0.540 e. The van der Waals surface area contributed by atoms with Crippen LogP contribution in [0.3, 0.4) is 0 Å². The summed E-state index contributed by atoms with van der Waals surface area (Å²) in [4.78, 5) is 24.6. The highest BCUT2D eigenvalue weighted by Crippen LogP contribution is 2.41. The second kappa shape index (κ2) is 5.94. The Hall–Kier alpha value is -2.22. The number of carboxylic acid groups (broad SMARTS) is 1. The van der Waals surface area contributed by atoms with Gasteiger partial charge in [0.1, 0.15) is 17.7 Å². The molecule has 2 heterocycles. The van der Waals surface area contributed by atoms with Gasteiger partial charge in [-0.3, -0.25) is 0 Å². The molecule has 0 spiro atoms. The molecule has 0 unspecified atom stereocenters. The number of pyridine rings is 1. The molecule has 0 aliphatic heterocycles. The molecule has 1 aliphatic carbocycles. The van der Waals surface area contributed by atoms with Crippen LogP contribution in [0.15, 0.2) is 12.5 Å². The van der Waals surface area contributed by atoms with Crippen molar-refractivity contribution < 1.29 is 14.3 Å². The van der Waals surface area contributed by atoms with E-state index in [-0.39, 0.29) is 16.5 Å². The quantitative estimate of drug-likeness (QED) is 0.785. The number of anilines is 1. The lowest BCUT2D eigenvalue weighted by Gasteiger charge is -2.36. The van der Waals surface area contributed by atoms with Crippen LogP contribution >= 0.6 is 0 Å². The van der Waals surface area contributed by atoms with E-state index in [2.05, 4.69) is 54.1 Å². The Balaban J connectivity index is 2.19. The zero-order chi connectivity index (χ0) is 18.4. The molecular weight excluding hydrogens is 336 g/mol. The molecule has 0 amide bonds. The number of aromatic carboxylic acids is 1. The van der Waals surface area contributed by atoms with Crippen LogP contribution in [-0.4, -0.2) is 40.4 Å². The van der Waals surface area contributed by atoms with Crippen molar-refractivity contribution in [3.8, 4) is 5.75 Å². The zero-order valence-corrected chi connectivity index (χ0v) is 16.3. The first kappa shape index (κ1) is 17.6. The summed E-state index contributed by atoms with van der Waals surface area (Å²) in [5.41, 5.74) is 0.398. The van der Waals surface area contributed by atoms with Crippen LogP contribution in [0.5, 0.6) is 5.75 Å². The average Bonchev–Trinajstić information content (AvgIpc) is 3.32. The molecular formula is C17H24N4O3Si. The molecule has 2 aromatic rings. The summed E-state index contributed by atoms with van der Waals surface area (Å²) in [6.07, 6.45) is 5.18. The highest BCUT2D eigenvalue weighted by atomic mass is 28.4. The van der Waals surface area contributed by atoms with Crippen molar-refractivity contribution in [2.75, 3.05) is 5.32 Å². The Bertz CT molecular complexity index is 828. The summed E-state index contributed by atoms with van der Waals surface area (Å²) in [5.74, 6) is -0.357. The Morgan fingerprint density at radius 2 is 2.04 bits per heavy atom. The van der Waals surface area contributed by atoms with Crippen molar-refractivity contribution in [1.82, 2.24) is 15.0 Å². The summed E-state index contributed by atoms with van der Waals surface area (Å²) < 4.78 is 6.33. The maximum absolute atomic E-state index is 11.9. The fraction of sp³-hybridized carbons (Fsp3) is 0.529. The monoisotopic (exact) mass is 360 g/mol. The third kappa shape index (κ3) is 3.44. The summed E-state index contributed by atoms with van der Waals surface area (Å²) in [7, 11) is -2.26. The first-order valence-electron chi connectivity index (χ1n) is 8.43. The van der Waals surface area contributed by atoms with E-state index in [0.717, 1.165) is 12.8 Å². The van der Waals surface area contributed by atoms with Crippen LogP contribution in [0.25, 0.3) is 10.9 Å². The molecule has 0 saturated heterocycles. The van der Waals surface area contributed by atoms with E-state index in [1.54, 1.807) is 6.20 Å². The van der Waals surface area contributed by atoms with Gasteiger partial charge in [0.2, 0.25) is 0 Å². The van der Waals surface area contributed by atoms with Gasteiger partial charge in [0, 0.05) is 12.2 Å². The van der Waals surface area contributed by atoms with Gasteiger partial charge in [-0.05, 0) is 31.0 Å². The number of fused-ring (bicyclic) bond motifs is 1. The Labute approximate surface area is 148 Å². The molecule has 1 aliphatic rings. The molecule has 1 fully saturated rings. The molecule has 0 atom stereocenters. The lowest BCUT2D eigenvalue weighted by Crippen LogP contribution is -2.44. The summed E-state index contributed by atoms with van der Waals surface area (Å²) in [6, 6.07) is 0.338. The standard InChI is InChI=1S/C17H24N4O3Si/c1-17(2,3)25(4,5)24-14-12-11(8-18-9-19-12)15(20-10-6-7-10)21-13(14)16(22)23/h8-10H,6-7H2,1-5H3,(H,20,21)(H,22,23). The van der Waals surface area contributed by atoms with Crippen LogP contribution in [-0.2, 0) is 0 Å². The van der Waals surface area contributed by atoms with Crippen LogP contribution in [0.2, 0.25) is 18.1 Å². The average molecular weight is 360 g/mol. The van der Waals surface area contributed by atoms with E-state index < -0.39 is 14.3 Å². The van der Waals surface area contributed by atoms with Crippen molar-refractivity contribution in [1.29, 1.82) is 0 Å². The number of hydrogen-bond donors (Lipinski definition) is 2. The second-order valence-electron chi connectivity index (χ2n) is 8.01. The van der Waals surface area contributed by atoms with Crippen molar-refractivity contribution in [2.45, 2.75) is 57.8 Å². The van der Waals surface area contributed by atoms with Crippen LogP contribution in [0.1, 0.15) is 44.1 Å². The topological polar surface area (TPSA) is 97.2 Å². The molecule has 7 nitrogen and oxygen atoms in total. The molecule has 25 heavy (non-hydrogen) atoms. The van der Waals surface area contributed by atoms with Gasteiger partial charge in [-0.25, -0.2) is 19.7 Å². The molecule has 1 saturated carbocycles. The minimum atomic E-state index is -2.26.